The third kappa shape index (κ3) is 2.57. The van der Waals surface area contributed by atoms with E-state index >= 15 is 0 Å². The third-order valence-corrected chi connectivity index (χ3v) is 3.84. The van der Waals surface area contributed by atoms with Crippen LogP contribution in [0.2, 0.25) is 0 Å². The lowest BCUT2D eigenvalue weighted by molar-refractivity contribution is 0.413. The Morgan fingerprint density at radius 3 is 2.55 bits per heavy atom. The van der Waals surface area contributed by atoms with Crippen molar-refractivity contribution in [3.63, 3.8) is 0 Å². The van der Waals surface area contributed by atoms with Gasteiger partial charge in [0.05, 0.1) is 23.3 Å². The fourth-order valence-electron chi connectivity index (χ4n) is 1.84. The van der Waals surface area contributed by atoms with Gasteiger partial charge in [0, 0.05) is 6.26 Å². The summed E-state index contributed by atoms with van der Waals surface area (Å²) in [6.07, 6.45) is 1.02. The van der Waals surface area contributed by atoms with Crippen molar-refractivity contribution in [1.29, 1.82) is 0 Å². The summed E-state index contributed by atoms with van der Waals surface area (Å²) in [4.78, 5) is 3.86. The smallest absolute Gasteiger partial charge is 0.177 e. The number of hydrogen-bond donors (Lipinski definition) is 1. The van der Waals surface area contributed by atoms with E-state index in [2.05, 4.69) is 4.98 Å². The lowest BCUT2D eigenvalue weighted by Gasteiger charge is -2.12. The van der Waals surface area contributed by atoms with Crippen LogP contribution in [0.3, 0.4) is 0 Å². The van der Waals surface area contributed by atoms with Gasteiger partial charge in [-0.3, -0.25) is 0 Å². The highest BCUT2D eigenvalue weighted by Gasteiger charge is 2.22. The van der Waals surface area contributed by atoms with Crippen molar-refractivity contribution in [1.82, 2.24) is 4.98 Å². The highest BCUT2D eigenvalue weighted by Crippen LogP contribution is 2.35. The van der Waals surface area contributed by atoms with Crippen molar-refractivity contribution in [2.24, 2.45) is 0 Å². The van der Waals surface area contributed by atoms with E-state index in [9.17, 15) is 12.8 Å². The molecule has 0 saturated carbocycles. The van der Waals surface area contributed by atoms with Crippen molar-refractivity contribution >= 4 is 15.7 Å². The lowest BCUT2D eigenvalue weighted by atomic mass is 10.1. The predicted octanol–water partition coefficient (Wildman–Crippen LogP) is 1.88. The molecule has 0 saturated heterocycles. The Bertz CT molecular complexity index is 760. The maximum absolute atomic E-state index is 14.1. The van der Waals surface area contributed by atoms with Gasteiger partial charge < -0.3 is 10.5 Å². The first-order chi connectivity index (χ1) is 9.34. The highest BCUT2D eigenvalue weighted by molar-refractivity contribution is 7.90. The van der Waals surface area contributed by atoms with Gasteiger partial charge in [-0.05, 0) is 24.3 Å². The normalized spacial score (nSPS) is 11.3. The Hall–Kier alpha value is -2.15. The van der Waals surface area contributed by atoms with Gasteiger partial charge in [0.15, 0.2) is 9.84 Å². The lowest BCUT2D eigenvalue weighted by Crippen LogP contribution is -2.05. The maximum atomic E-state index is 14.1. The maximum Gasteiger partial charge on any atom is 0.177 e. The fraction of sp³-hybridized carbons (Fsp3) is 0.154. The van der Waals surface area contributed by atoms with E-state index in [0.717, 1.165) is 6.26 Å². The quantitative estimate of drug-likeness (QED) is 0.935. The van der Waals surface area contributed by atoms with Crippen LogP contribution in [0.4, 0.5) is 10.2 Å². The zero-order chi connectivity index (χ0) is 14.9. The number of halogens is 1. The number of nitrogens with zero attached hydrogens (tertiary/aromatic N) is 1. The van der Waals surface area contributed by atoms with Crippen molar-refractivity contribution in [2.45, 2.75) is 4.90 Å². The van der Waals surface area contributed by atoms with Gasteiger partial charge in [-0.1, -0.05) is 6.07 Å². The first-order valence-electron chi connectivity index (χ1n) is 5.64. The third-order valence-electron chi connectivity index (χ3n) is 2.71. The number of ether oxygens (including phenoxy) is 1. The van der Waals surface area contributed by atoms with Crippen LogP contribution in [0.5, 0.6) is 5.75 Å². The summed E-state index contributed by atoms with van der Waals surface area (Å²) in [5.74, 6) is -0.349. The molecule has 0 bridgehead atoms. The molecule has 0 spiro atoms. The molecule has 0 unspecified atom stereocenters. The van der Waals surface area contributed by atoms with E-state index in [1.165, 1.54) is 37.4 Å². The van der Waals surface area contributed by atoms with E-state index in [-0.39, 0.29) is 27.7 Å². The number of anilines is 1. The van der Waals surface area contributed by atoms with Gasteiger partial charge in [-0.25, -0.2) is 17.8 Å². The van der Waals surface area contributed by atoms with Crippen molar-refractivity contribution < 1.29 is 17.5 Å². The van der Waals surface area contributed by atoms with Crippen molar-refractivity contribution in [2.75, 3.05) is 19.1 Å². The summed E-state index contributed by atoms with van der Waals surface area (Å²) in [7, 11) is -2.21. The van der Waals surface area contributed by atoms with Crippen LogP contribution >= 0.6 is 0 Å². The Morgan fingerprint density at radius 1 is 1.25 bits per heavy atom. The van der Waals surface area contributed by atoms with E-state index < -0.39 is 15.7 Å². The summed E-state index contributed by atoms with van der Waals surface area (Å²) in [5, 5.41) is 0. The Labute approximate surface area is 116 Å². The molecule has 5 nitrogen and oxygen atoms in total. The van der Waals surface area contributed by atoms with E-state index in [1.54, 1.807) is 0 Å². The molecular formula is C13H13FN2O3S. The number of rotatable bonds is 3. The molecule has 2 N–H and O–H groups in total. The van der Waals surface area contributed by atoms with Gasteiger partial charge in [0.1, 0.15) is 17.4 Å². The van der Waals surface area contributed by atoms with Crippen LogP contribution in [0.1, 0.15) is 0 Å². The number of methoxy groups -OCH3 is 1. The fourth-order valence-corrected chi connectivity index (χ4v) is 2.66. The molecule has 1 heterocycles. The topological polar surface area (TPSA) is 82.3 Å². The zero-order valence-corrected chi connectivity index (χ0v) is 11.7. The molecule has 0 radical (unpaired) electrons. The molecule has 7 heteroatoms. The Morgan fingerprint density at radius 2 is 1.95 bits per heavy atom. The number of nitrogen functional groups attached to an aromatic ring is 1. The first-order valence-corrected chi connectivity index (χ1v) is 7.53. The molecule has 0 aliphatic rings. The van der Waals surface area contributed by atoms with Crippen LogP contribution in [-0.2, 0) is 9.84 Å². The highest BCUT2D eigenvalue weighted by atomic mass is 32.2. The number of aromatic nitrogens is 1. The number of hydrogen-bond acceptors (Lipinski definition) is 5. The van der Waals surface area contributed by atoms with Crippen LogP contribution in [0, 0.1) is 5.82 Å². The zero-order valence-electron chi connectivity index (χ0n) is 10.9. The molecule has 106 valence electrons. The number of benzene rings is 1. The molecule has 1 aromatic heterocycles. The Kier molecular flexibility index (Phi) is 3.63. The molecule has 2 aromatic rings. The monoisotopic (exact) mass is 296 g/mol. The predicted molar refractivity (Wildman–Crippen MR) is 73.7 cm³/mol. The molecule has 0 amide bonds. The number of nitrogens with two attached hydrogens (primary N) is 1. The number of sulfone groups is 1. The van der Waals surface area contributed by atoms with Gasteiger partial charge >= 0.3 is 0 Å². The molecule has 0 atom stereocenters. The molecular weight excluding hydrogens is 283 g/mol. The molecule has 0 fully saturated rings. The molecule has 1 aromatic carbocycles. The summed E-state index contributed by atoms with van der Waals surface area (Å²) in [6, 6.07) is 6.85. The van der Waals surface area contributed by atoms with Crippen LogP contribution in [0.15, 0.2) is 35.2 Å². The summed E-state index contributed by atoms with van der Waals surface area (Å²) >= 11 is 0. The summed E-state index contributed by atoms with van der Waals surface area (Å²) in [6.45, 7) is 0. The average molecular weight is 296 g/mol. The average Bonchev–Trinajstić information content (AvgIpc) is 2.36. The largest absolute Gasteiger partial charge is 0.496 e. The van der Waals surface area contributed by atoms with E-state index in [4.69, 9.17) is 10.5 Å². The SMILES string of the molecule is COc1cccc(F)c1-c1nc(N)ccc1S(C)(=O)=O. The van der Waals surface area contributed by atoms with Gasteiger partial charge in [-0.15, -0.1) is 0 Å². The van der Waals surface area contributed by atoms with Crippen LogP contribution < -0.4 is 10.5 Å². The van der Waals surface area contributed by atoms with Crippen LogP contribution in [-0.4, -0.2) is 26.8 Å². The van der Waals surface area contributed by atoms with Crippen molar-refractivity contribution in [3.8, 4) is 17.0 Å². The second-order valence-corrected chi connectivity index (χ2v) is 6.16. The molecule has 0 aliphatic heterocycles. The van der Waals surface area contributed by atoms with Gasteiger partial charge in [0.2, 0.25) is 0 Å². The molecule has 2 rings (SSSR count). The van der Waals surface area contributed by atoms with Gasteiger partial charge in [0.25, 0.3) is 0 Å². The minimum absolute atomic E-state index is 0.0253. The summed E-state index contributed by atoms with van der Waals surface area (Å²) < 4.78 is 42.7. The second-order valence-electron chi connectivity index (χ2n) is 4.17. The second kappa shape index (κ2) is 5.09. The first kappa shape index (κ1) is 14.3. The molecule has 20 heavy (non-hydrogen) atoms. The van der Waals surface area contributed by atoms with E-state index in [1.807, 2.05) is 0 Å². The van der Waals surface area contributed by atoms with Crippen LogP contribution in [0.25, 0.3) is 11.3 Å². The minimum Gasteiger partial charge on any atom is -0.496 e. The molecule has 0 aliphatic carbocycles. The summed E-state index contributed by atoms with van der Waals surface area (Å²) in [5.41, 5.74) is 5.50. The van der Waals surface area contributed by atoms with E-state index in [0.29, 0.717) is 0 Å². The van der Waals surface area contributed by atoms with Crippen molar-refractivity contribution in [3.05, 3.63) is 36.1 Å². The minimum atomic E-state index is -3.58. The Balaban J connectivity index is 2.86. The van der Waals surface area contributed by atoms with Gasteiger partial charge in [-0.2, -0.15) is 0 Å². The standard InChI is InChI=1S/C13H13FN2O3S/c1-19-9-5-3-4-8(14)12(9)13-10(20(2,17)18)6-7-11(15)16-13/h3-7H,1-2H3,(H2,15,16). The number of pyridine rings is 1.